The second-order valence-corrected chi connectivity index (χ2v) is 10.5. The molecule has 0 N–H and O–H groups in total. The van der Waals surface area contributed by atoms with E-state index in [4.69, 9.17) is 14.2 Å². The number of alkyl halides is 1. The molecular formula is C26H31BrO7S. The monoisotopic (exact) mass is 566 g/mol. The Hall–Kier alpha value is -2.65. The number of hydrogen-bond acceptors (Lipinski definition) is 7. The van der Waals surface area contributed by atoms with Gasteiger partial charge >= 0.3 is 12.1 Å². The zero-order chi connectivity index (χ0) is 25.7. The van der Waals surface area contributed by atoms with E-state index >= 15 is 0 Å². The summed E-state index contributed by atoms with van der Waals surface area (Å²) in [6.07, 6.45) is 4.05. The van der Waals surface area contributed by atoms with E-state index in [1.165, 1.54) is 12.1 Å². The van der Waals surface area contributed by atoms with Crippen LogP contribution in [0.1, 0.15) is 43.7 Å². The van der Waals surface area contributed by atoms with Crippen molar-refractivity contribution in [2.24, 2.45) is 0 Å². The molecule has 35 heavy (non-hydrogen) atoms. The number of rotatable bonds is 13. The number of unbranched alkanes of at least 4 members (excludes halogenated alkanes) is 3. The highest BCUT2D eigenvalue weighted by atomic mass is 79.9. The highest BCUT2D eigenvalue weighted by Crippen LogP contribution is 2.29. The van der Waals surface area contributed by atoms with E-state index in [-0.39, 0.29) is 30.3 Å². The molecule has 0 bridgehead atoms. The number of benzene rings is 2. The normalized spacial score (nSPS) is 12.0. The fraction of sp³-hybridized carbons (Fsp3) is 0.385. The highest BCUT2D eigenvalue weighted by Gasteiger charge is 2.22. The number of hydrogen-bond donors (Lipinski definition) is 0. The first-order valence-corrected chi connectivity index (χ1v) is 14.4. The Morgan fingerprint density at radius 3 is 2.09 bits per heavy atom. The van der Waals surface area contributed by atoms with Gasteiger partial charge in [-0.3, -0.25) is 0 Å². The van der Waals surface area contributed by atoms with Crippen molar-refractivity contribution in [2.75, 3.05) is 31.4 Å². The molecule has 0 atom stereocenters. The lowest BCUT2D eigenvalue weighted by Crippen LogP contribution is -2.15. The SMILES string of the molecule is CCOC(=O)C(=C(COC(=O)OCCCCCCBr)c1ccc(S(C)(=O)=O)cc1)c1ccccc1. The number of carbonyl (C=O) groups excluding carboxylic acids is 2. The predicted octanol–water partition coefficient (Wildman–Crippen LogP) is 5.67. The molecule has 2 aromatic carbocycles. The van der Waals surface area contributed by atoms with Crippen LogP contribution in [0.15, 0.2) is 59.5 Å². The molecule has 0 radical (unpaired) electrons. The molecule has 2 rings (SSSR count). The summed E-state index contributed by atoms with van der Waals surface area (Å²) in [6.45, 7) is 1.84. The van der Waals surface area contributed by atoms with E-state index in [0.717, 1.165) is 37.3 Å². The van der Waals surface area contributed by atoms with Crippen LogP contribution in [0.3, 0.4) is 0 Å². The average Bonchev–Trinajstić information content (AvgIpc) is 2.84. The minimum Gasteiger partial charge on any atom is -0.462 e. The second-order valence-electron chi connectivity index (χ2n) is 7.73. The number of ether oxygens (including phenoxy) is 3. The summed E-state index contributed by atoms with van der Waals surface area (Å²) in [5.74, 6) is -0.579. The Bertz CT molecular complexity index is 1090. The van der Waals surface area contributed by atoms with Crippen LogP contribution in [0.25, 0.3) is 11.1 Å². The van der Waals surface area contributed by atoms with Crippen LogP contribution in [0.4, 0.5) is 4.79 Å². The van der Waals surface area contributed by atoms with Crippen molar-refractivity contribution in [1.82, 2.24) is 0 Å². The lowest BCUT2D eigenvalue weighted by Gasteiger charge is -2.16. The minimum atomic E-state index is -3.40. The third kappa shape index (κ3) is 9.49. The first-order valence-electron chi connectivity index (χ1n) is 11.4. The molecule has 9 heteroatoms. The van der Waals surface area contributed by atoms with E-state index in [2.05, 4.69) is 15.9 Å². The summed E-state index contributed by atoms with van der Waals surface area (Å²) in [4.78, 5) is 25.4. The van der Waals surface area contributed by atoms with Crippen molar-refractivity contribution in [3.8, 4) is 0 Å². The molecule has 0 saturated heterocycles. The van der Waals surface area contributed by atoms with E-state index in [1.54, 1.807) is 43.3 Å². The minimum absolute atomic E-state index is 0.137. The number of sulfone groups is 1. The van der Waals surface area contributed by atoms with Crippen LogP contribution in [0, 0.1) is 0 Å². The molecule has 190 valence electrons. The fourth-order valence-corrected chi connectivity index (χ4v) is 4.33. The quantitative estimate of drug-likeness (QED) is 0.101. The fourth-order valence-electron chi connectivity index (χ4n) is 3.30. The maximum atomic E-state index is 13.0. The lowest BCUT2D eigenvalue weighted by atomic mass is 9.95. The topological polar surface area (TPSA) is 96.0 Å². The Morgan fingerprint density at radius 1 is 0.829 bits per heavy atom. The van der Waals surface area contributed by atoms with Gasteiger partial charge in [0.2, 0.25) is 0 Å². The lowest BCUT2D eigenvalue weighted by molar-refractivity contribution is -0.136. The van der Waals surface area contributed by atoms with Gasteiger partial charge in [-0.25, -0.2) is 18.0 Å². The third-order valence-electron chi connectivity index (χ3n) is 5.06. The molecule has 7 nitrogen and oxygen atoms in total. The Morgan fingerprint density at radius 2 is 1.49 bits per heavy atom. The van der Waals surface area contributed by atoms with Gasteiger partial charge in [-0.05, 0) is 43.0 Å². The molecule has 0 unspecified atom stereocenters. The van der Waals surface area contributed by atoms with Crippen LogP contribution < -0.4 is 0 Å². The van der Waals surface area contributed by atoms with Gasteiger partial charge in [0.15, 0.2) is 9.84 Å². The first-order chi connectivity index (χ1) is 16.8. The van der Waals surface area contributed by atoms with Crippen molar-refractivity contribution < 1.29 is 32.2 Å². The standard InChI is InChI=1S/C26H31BrO7S/c1-3-32-25(28)24(21-11-7-6-8-12-21)23(20-13-15-22(16-14-20)35(2,30)31)19-34-26(29)33-18-10-5-4-9-17-27/h6-8,11-16H,3-5,9-10,17-19H2,1-2H3. The van der Waals surface area contributed by atoms with E-state index in [1.807, 2.05) is 6.07 Å². The summed E-state index contributed by atoms with van der Waals surface area (Å²) in [7, 11) is -3.40. The predicted molar refractivity (Wildman–Crippen MR) is 139 cm³/mol. The Labute approximate surface area is 215 Å². The van der Waals surface area contributed by atoms with Crippen molar-refractivity contribution in [3.05, 3.63) is 65.7 Å². The van der Waals surface area contributed by atoms with Crippen molar-refractivity contribution >= 4 is 49.0 Å². The molecule has 2 aromatic rings. The Kier molecular flexibility index (Phi) is 12.0. The van der Waals surface area contributed by atoms with Gasteiger partial charge in [0, 0.05) is 17.2 Å². The van der Waals surface area contributed by atoms with Crippen LogP contribution in [-0.2, 0) is 28.8 Å². The molecule has 0 amide bonds. The summed E-state index contributed by atoms with van der Waals surface area (Å²) in [5, 5.41) is 0.945. The van der Waals surface area contributed by atoms with Crippen LogP contribution >= 0.6 is 15.9 Å². The smallest absolute Gasteiger partial charge is 0.462 e. The van der Waals surface area contributed by atoms with Gasteiger partial charge in [-0.2, -0.15) is 0 Å². The highest BCUT2D eigenvalue weighted by molar-refractivity contribution is 9.09. The second kappa shape index (κ2) is 14.7. The number of carbonyl (C=O) groups is 2. The van der Waals surface area contributed by atoms with E-state index < -0.39 is 22.0 Å². The molecule has 0 aliphatic rings. The largest absolute Gasteiger partial charge is 0.508 e. The molecular weight excluding hydrogens is 536 g/mol. The summed E-state index contributed by atoms with van der Waals surface area (Å²) >= 11 is 3.38. The third-order valence-corrected chi connectivity index (χ3v) is 6.75. The molecule has 0 fully saturated rings. The number of esters is 1. The van der Waals surface area contributed by atoms with Crippen LogP contribution in [-0.4, -0.2) is 51.9 Å². The number of halogens is 1. The maximum Gasteiger partial charge on any atom is 0.508 e. The zero-order valence-corrected chi connectivity index (χ0v) is 22.4. The average molecular weight is 567 g/mol. The summed E-state index contributed by atoms with van der Waals surface area (Å²) in [6, 6.07) is 14.9. The molecule has 0 spiro atoms. The van der Waals surface area contributed by atoms with Crippen LogP contribution in [0.2, 0.25) is 0 Å². The van der Waals surface area contributed by atoms with Gasteiger partial charge in [0.1, 0.15) is 6.61 Å². The summed E-state index contributed by atoms with van der Waals surface area (Å²) < 4.78 is 39.6. The van der Waals surface area contributed by atoms with Gasteiger partial charge < -0.3 is 14.2 Å². The maximum absolute atomic E-state index is 13.0. The van der Waals surface area contributed by atoms with Crippen molar-refractivity contribution in [2.45, 2.75) is 37.5 Å². The first kappa shape index (κ1) is 28.6. The van der Waals surface area contributed by atoms with E-state index in [0.29, 0.717) is 16.7 Å². The molecule has 0 aromatic heterocycles. The van der Waals surface area contributed by atoms with Gasteiger partial charge in [-0.1, -0.05) is 71.2 Å². The zero-order valence-electron chi connectivity index (χ0n) is 20.0. The Balaban J connectivity index is 2.35. The molecule has 0 saturated carbocycles. The summed E-state index contributed by atoms with van der Waals surface area (Å²) in [5.41, 5.74) is 1.70. The molecule has 0 aliphatic heterocycles. The molecule has 0 aliphatic carbocycles. The van der Waals surface area contributed by atoms with Crippen LogP contribution in [0.5, 0.6) is 0 Å². The van der Waals surface area contributed by atoms with Gasteiger partial charge in [0.25, 0.3) is 0 Å². The van der Waals surface area contributed by atoms with Gasteiger partial charge in [0.05, 0.1) is 23.7 Å². The van der Waals surface area contributed by atoms with Crippen molar-refractivity contribution in [3.63, 3.8) is 0 Å². The van der Waals surface area contributed by atoms with Gasteiger partial charge in [-0.15, -0.1) is 0 Å². The van der Waals surface area contributed by atoms with E-state index in [9.17, 15) is 18.0 Å². The van der Waals surface area contributed by atoms with Crippen molar-refractivity contribution in [1.29, 1.82) is 0 Å². The molecule has 0 heterocycles.